The molecule has 0 spiro atoms. The highest BCUT2D eigenvalue weighted by atomic mass is 79.9. The maximum Gasteiger partial charge on any atom is 0.308 e. The SMILES string of the molecule is CC(=O)Oc1cccc(C(=O)N2CCN(C(=O)/C=C/c3cccc(Br)c3)CC2)c1. The van der Waals surface area contributed by atoms with E-state index in [1.807, 2.05) is 24.3 Å². The molecule has 7 heteroatoms. The van der Waals surface area contributed by atoms with Gasteiger partial charge in [0.1, 0.15) is 5.75 Å². The van der Waals surface area contributed by atoms with Crippen LogP contribution in [0.5, 0.6) is 5.75 Å². The van der Waals surface area contributed by atoms with Gasteiger partial charge in [0.25, 0.3) is 5.91 Å². The predicted octanol–water partition coefficient (Wildman–Crippen LogP) is 3.37. The molecule has 150 valence electrons. The predicted molar refractivity (Wildman–Crippen MR) is 113 cm³/mol. The van der Waals surface area contributed by atoms with E-state index in [0.717, 1.165) is 10.0 Å². The normalized spacial score (nSPS) is 14.1. The first-order valence-corrected chi connectivity index (χ1v) is 10.0. The molecule has 6 nitrogen and oxygen atoms in total. The second-order valence-corrected chi connectivity index (χ2v) is 7.54. The number of ether oxygens (including phenoxy) is 1. The summed E-state index contributed by atoms with van der Waals surface area (Å²) in [5, 5.41) is 0. The second kappa shape index (κ2) is 9.52. The number of amides is 2. The van der Waals surface area contributed by atoms with Gasteiger partial charge in [-0.05, 0) is 42.0 Å². The zero-order valence-electron chi connectivity index (χ0n) is 16.0. The number of benzene rings is 2. The Balaban J connectivity index is 1.56. The fraction of sp³-hybridized carbons (Fsp3) is 0.227. The molecule has 2 amide bonds. The summed E-state index contributed by atoms with van der Waals surface area (Å²) in [6.45, 7) is 3.16. The summed E-state index contributed by atoms with van der Waals surface area (Å²) in [6, 6.07) is 14.3. The van der Waals surface area contributed by atoms with E-state index < -0.39 is 5.97 Å². The van der Waals surface area contributed by atoms with Gasteiger partial charge in [0.05, 0.1) is 0 Å². The van der Waals surface area contributed by atoms with Gasteiger partial charge in [-0.1, -0.05) is 34.1 Å². The van der Waals surface area contributed by atoms with E-state index in [1.165, 1.54) is 6.92 Å². The van der Waals surface area contributed by atoms with E-state index >= 15 is 0 Å². The molecule has 0 N–H and O–H groups in total. The number of piperazine rings is 1. The Bertz CT molecular complexity index is 949. The molecular formula is C22H21BrN2O4. The average Bonchev–Trinajstić information content (AvgIpc) is 2.71. The van der Waals surface area contributed by atoms with Crippen LogP contribution in [0.1, 0.15) is 22.8 Å². The van der Waals surface area contributed by atoms with E-state index in [4.69, 9.17) is 4.74 Å². The molecule has 0 saturated carbocycles. The van der Waals surface area contributed by atoms with E-state index in [2.05, 4.69) is 15.9 Å². The summed E-state index contributed by atoms with van der Waals surface area (Å²) in [4.78, 5) is 39.7. The number of halogens is 1. The molecule has 1 aliphatic rings. The summed E-state index contributed by atoms with van der Waals surface area (Å²) >= 11 is 3.41. The highest BCUT2D eigenvalue weighted by Gasteiger charge is 2.24. The van der Waals surface area contributed by atoms with Crippen molar-refractivity contribution in [2.45, 2.75) is 6.92 Å². The van der Waals surface area contributed by atoms with Crippen molar-refractivity contribution < 1.29 is 19.1 Å². The average molecular weight is 457 g/mol. The highest BCUT2D eigenvalue weighted by Crippen LogP contribution is 2.17. The van der Waals surface area contributed by atoms with Crippen LogP contribution in [0.4, 0.5) is 0 Å². The summed E-state index contributed by atoms with van der Waals surface area (Å²) in [7, 11) is 0. The Morgan fingerprint density at radius 2 is 1.66 bits per heavy atom. The van der Waals surface area contributed by atoms with Crippen molar-refractivity contribution in [2.75, 3.05) is 26.2 Å². The molecule has 0 aliphatic carbocycles. The summed E-state index contributed by atoms with van der Waals surface area (Å²) < 4.78 is 5.99. The minimum Gasteiger partial charge on any atom is -0.427 e. The Morgan fingerprint density at radius 3 is 2.34 bits per heavy atom. The molecule has 2 aromatic carbocycles. The Hall–Kier alpha value is -2.93. The van der Waals surface area contributed by atoms with E-state index in [9.17, 15) is 14.4 Å². The molecule has 1 fully saturated rings. The molecular weight excluding hydrogens is 436 g/mol. The number of hydrogen-bond donors (Lipinski definition) is 0. The van der Waals surface area contributed by atoms with Gasteiger partial charge < -0.3 is 14.5 Å². The van der Waals surface area contributed by atoms with Gasteiger partial charge in [-0.3, -0.25) is 14.4 Å². The topological polar surface area (TPSA) is 66.9 Å². The van der Waals surface area contributed by atoms with Crippen LogP contribution >= 0.6 is 15.9 Å². The molecule has 3 rings (SSSR count). The second-order valence-electron chi connectivity index (χ2n) is 6.63. The minimum absolute atomic E-state index is 0.0751. The molecule has 0 aromatic heterocycles. The van der Waals surface area contributed by atoms with Gasteiger partial charge in [0.15, 0.2) is 0 Å². The fourth-order valence-electron chi connectivity index (χ4n) is 3.05. The van der Waals surface area contributed by atoms with Crippen LogP contribution in [0.15, 0.2) is 59.1 Å². The largest absolute Gasteiger partial charge is 0.427 e. The molecule has 1 saturated heterocycles. The zero-order valence-corrected chi connectivity index (χ0v) is 17.6. The maximum absolute atomic E-state index is 12.7. The third kappa shape index (κ3) is 5.77. The monoisotopic (exact) mass is 456 g/mol. The quantitative estimate of drug-likeness (QED) is 0.401. The first-order chi connectivity index (χ1) is 13.9. The molecule has 2 aromatic rings. The van der Waals surface area contributed by atoms with Crippen LogP contribution in [0.25, 0.3) is 6.08 Å². The van der Waals surface area contributed by atoms with E-state index in [-0.39, 0.29) is 11.8 Å². The van der Waals surface area contributed by atoms with Gasteiger partial charge in [-0.25, -0.2) is 0 Å². The molecule has 1 aliphatic heterocycles. The van der Waals surface area contributed by atoms with E-state index in [0.29, 0.717) is 37.5 Å². The van der Waals surface area contributed by atoms with Crippen molar-refractivity contribution >= 4 is 39.8 Å². The number of hydrogen-bond acceptors (Lipinski definition) is 4. The van der Waals surface area contributed by atoms with Crippen LogP contribution < -0.4 is 4.74 Å². The van der Waals surface area contributed by atoms with Gasteiger partial charge in [0.2, 0.25) is 5.91 Å². The smallest absolute Gasteiger partial charge is 0.308 e. The van der Waals surface area contributed by atoms with Crippen LogP contribution in [-0.2, 0) is 9.59 Å². The van der Waals surface area contributed by atoms with Crippen LogP contribution in [0, 0.1) is 0 Å². The van der Waals surface area contributed by atoms with E-state index in [1.54, 1.807) is 46.2 Å². The van der Waals surface area contributed by atoms with Gasteiger partial charge in [-0.2, -0.15) is 0 Å². The maximum atomic E-state index is 12.7. The number of carbonyl (C=O) groups excluding carboxylic acids is 3. The summed E-state index contributed by atoms with van der Waals surface area (Å²) in [5.41, 5.74) is 1.40. The lowest BCUT2D eigenvalue weighted by atomic mass is 10.1. The lowest BCUT2D eigenvalue weighted by Gasteiger charge is -2.34. The van der Waals surface area contributed by atoms with Crippen molar-refractivity contribution in [1.29, 1.82) is 0 Å². The van der Waals surface area contributed by atoms with Gasteiger partial charge in [-0.15, -0.1) is 0 Å². The highest BCUT2D eigenvalue weighted by molar-refractivity contribution is 9.10. The lowest BCUT2D eigenvalue weighted by Crippen LogP contribution is -2.50. The molecule has 0 atom stereocenters. The Labute approximate surface area is 177 Å². The Kier molecular flexibility index (Phi) is 6.82. The van der Waals surface area contributed by atoms with Crippen LogP contribution in [0.2, 0.25) is 0 Å². The third-order valence-corrected chi connectivity index (χ3v) is 4.98. The molecule has 29 heavy (non-hydrogen) atoms. The first kappa shape index (κ1) is 20.8. The number of nitrogens with zero attached hydrogens (tertiary/aromatic N) is 2. The minimum atomic E-state index is -0.433. The number of carbonyl (C=O) groups is 3. The first-order valence-electron chi connectivity index (χ1n) is 9.23. The van der Waals surface area contributed by atoms with Crippen molar-refractivity contribution in [1.82, 2.24) is 9.80 Å². The summed E-state index contributed by atoms with van der Waals surface area (Å²) in [5.74, 6) is -0.308. The molecule has 1 heterocycles. The standard InChI is InChI=1S/C22H21BrN2O4/c1-16(26)29-20-7-3-5-18(15-20)22(28)25-12-10-24(11-13-25)21(27)9-8-17-4-2-6-19(23)14-17/h2-9,14-15H,10-13H2,1H3/b9-8+. The molecule has 0 unspecified atom stereocenters. The van der Waals surface area contributed by atoms with Crippen LogP contribution in [-0.4, -0.2) is 53.8 Å². The summed E-state index contributed by atoms with van der Waals surface area (Å²) in [6.07, 6.45) is 3.34. The Morgan fingerprint density at radius 1 is 0.966 bits per heavy atom. The molecule has 0 bridgehead atoms. The van der Waals surface area contributed by atoms with Gasteiger partial charge in [0, 0.05) is 49.2 Å². The zero-order chi connectivity index (χ0) is 20.8. The fourth-order valence-corrected chi connectivity index (χ4v) is 3.47. The third-order valence-electron chi connectivity index (χ3n) is 4.49. The van der Waals surface area contributed by atoms with Crippen molar-refractivity contribution in [3.63, 3.8) is 0 Å². The lowest BCUT2D eigenvalue weighted by molar-refractivity contribution is -0.132. The van der Waals surface area contributed by atoms with Crippen molar-refractivity contribution in [3.05, 3.63) is 70.2 Å². The molecule has 0 radical (unpaired) electrons. The van der Waals surface area contributed by atoms with Crippen LogP contribution in [0.3, 0.4) is 0 Å². The number of rotatable bonds is 4. The van der Waals surface area contributed by atoms with Gasteiger partial charge >= 0.3 is 5.97 Å². The number of esters is 1. The van der Waals surface area contributed by atoms with Crippen molar-refractivity contribution in [2.24, 2.45) is 0 Å². The van der Waals surface area contributed by atoms with Crippen molar-refractivity contribution in [3.8, 4) is 5.75 Å².